The predicted octanol–water partition coefficient (Wildman–Crippen LogP) is -0.662. The van der Waals surface area contributed by atoms with Gasteiger partial charge in [-0.25, -0.2) is 0 Å². The van der Waals surface area contributed by atoms with E-state index in [0.717, 1.165) is 0 Å². The molecule has 0 rings (SSSR count). The normalized spacial score (nSPS) is 11.8. The van der Waals surface area contributed by atoms with Crippen LogP contribution >= 0.6 is 0 Å². The Bertz CT molecular complexity index is 278. The molecule has 0 aliphatic carbocycles. The van der Waals surface area contributed by atoms with Crippen LogP contribution in [-0.4, -0.2) is 48.6 Å². The number of likely N-dealkylation sites (N-methyl/N-ethyl adjacent to an activating group) is 1. The summed E-state index contributed by atoms with van der Waals surface area (Å²) in [7, 11) is 1.55. The fraction of sp³-hybridized carbons (Fsp3) is 0.700. The van der Waals surface area contributed by atoms with Crippen LogP contribution in [0.15, 0.2) is 0 Å². The molecule has 6 heteroatoms. The predicted molar refractivity (Wildman–Crippen MR) is 62.3 cm³/mol. The minimum absolute atomic E-state index is 0.200. The summed E-state index contributed by atoms with van der Waals surface area (Å²) in [5, 5.41) is 10.0. The molecule has 0 aliphatic rings. The number of nitrogens with one attached hydrogen (secondary N) is 2. The second-order valence-corrected chi connectivity index (χ2v) is 3.71. The van der Waals surface area contributed by atoms with Crippen LogP contribution < -0.4 is 11.1 Å². The SMILES string of the molecule is CC(=N)C[C@@H](C(=O)NCCN)N(C)C(C)=O. The zero-order valence-corrected chi connectivity index (χ0v) is 10.0. The van der Waals surface area contributed by atoms with Gasteiger partial charge in [-0.1, -0.05) is 0 Å². The molecule has 0 bridgehead atoms. The van der Waals surface area contributed by atoms with Crippen LogP contribution in [0, 0.1) is 5.41 Å². The second kappa shape index (κ2) is 6.95. The molecule has 0 aromatic carbocycles. The molecule has 0 spiro atoms. The van der Waals surface area contributed by atoms with Crippen LogP contribution in [0.1, 0.15) is 20.3 Å². The fourth-order valence-corrected chi connectivity index (χ4v) is 1.23. The summed E-state index contributed by atoms with van der Waals surface area (Å²) in [4.78, 5) is 24.3. The average molecular weight is 228 g/mol. The van der Waals surface area contributed by atoms with Crippen molar-refractivity contribution in [2.75, 3.05) is 20.1 Å². The number of nitrogens with zero attached hydrogens (tertiary/aromatic N) is 1. The average Bonchev–Trinajstić information content (AvgIpc) is 2.21. The van der Waals surface area contributed by atoms with E-state index in [1.165, 1.54) is 11.8 Å². The van der Waals surface area contributed by atoms with Gasteiger partial charge in [0.15, 0.2) is 0 Å². The summed E-state index contributed by atoms with van der Waals surface area (Å²) in [5.41, 5.74) is 5.64. The van der Waals surface area contributed by atoms with Gasteiger partial charge in [-0.3, -0.25) is 9.59 Å². The molecule has 16 heavy (non-hydrogen) atoms. The molecule has 0 radical (unpaired) electrons. The highest BCUT2D eigenvalue weighted by Crippen LogP contribution is 2.04. The van der Waals surface area contributed by atoms with Gasteiger partial charge < -0.3 is 21.4 Å². The summed E-state index contributed by atoms with van der Waals surface area (Å²) in [6.45, 7) is 3.73. The molecule has 0 saturated heterocycles. The quantitative estimate of drug-likeness (QED) is 0.526. The Morgan fingerprint density at radius 3 is 2.38 bits per heavy atom. The number of carbonyl (C=O) groups is 2. The van der Waals surface area contributed by atoms with E-state index >= 15 is 0 Å². The van der Waals surface area contributed by atoms with Gasteiger partial charge in [-0.2, -0.15) is 0 Å². The first-order valence-corrected chi connectivity index (χ1v) is 5.15. The Morgan fingerprint density at radius 2 is 2.00 bits per heavy atom. The monoisotopic (exact) mass is 228 g/mol. The first kappa shape index (κ1) is 14.6. The van der Waals surface area contributed by atoms with Crippen molar-refractivity contribution in [2.24, 2.45) is 5.73 Å². The number of hydrogen-bond donors (Lipinski definition) is 3. The van der Waals surface area contributed by atoms with Crippen LogP contribution in [0.2, 0.25) is 0 Å². The lowest BCUT2D eigenvalue weighted by Crippen LogP contribution is -2.48. The van der Waals surface area contributed by atoms with Crippen LogP contribution in [0.4, 0.5) is 0 Å². The third-order valence-electron chi connectivity index (χ3n) is 2.21. The Balaban J connectivity index is 4.58. The molecular formula is C10H20N4O2. The number of hydrogen-bond acceptors (Lipinski definition) is 4. The van der Waals surface area contributed by atoms with E-state index < -0.39 is 6.04 Å². The zero-order valence-electron chi connectivity index (χ0n) is 10.0. The van der Waals surface area contributed by atoms with Crippen LogP contribution in [0.25, 0.3) is 0 Å². The highest BCUT2D eigenvalue weighted by molar-refractivity contribution is 5.92. The molecule has 2 amide bonds. The van der Waals surface area contributed by atoms with Gasteiger partial charge in [0.1, 0.15) is 6.04 Å². The molecule has 0 aliphatic heterocycles. The van der Waals surface area contributed by atoms with Crippen molar-refractivity contribution in [3.05, 3.63) is 0 Å². The lowest BCUT2D eigenvalue weighted by Gasteiger charge is -2.26. The highest BCUT2D eigenvalue weighted by atomic mass is 16.2. The van der Waals surface area contributed by atoms with Crippen molar-refractivity contribution in [1.82, 2.24) is 10.2 Å². The van der Waals surface area contributed by atoms with E-state index in [2.05, 4.69) is 5.32 Å². The first-order chi connectivity index (χ1) is 7.40. The molecule has 0 saturated carbocycles. The van der Waals surface area contributed by atoms with E-state index in [-0.39, 0.29) is 18.2 Å². The molecule has 6 nitrogen and oxygen atoms in total. The Morgan fingerprint density at radius 1 is 1.44 bits per heavy atom. The molecule has 0 aromatic rings. The largest absolute Gasteiger partial charge is 0.353 e. The Hall–Kier alpha value is -1.43. The van der Waals surface area contributed by atoms with E-state index in [0.29, 0.717) is 18.8 Å². The van der Waals surface area contributed by atoms with Gasteiger partial charge in [0, 0.05) is 39.2 Å². The molecular weight excluding hydrogens is 208 g/mol. The maximum absolute atomic E-state index is 11.7. The number of nitrogens with two attached hydrogens (primary N) is 1. The summed E-state index contributed by atoms with van der Waals surface area (Å²) < 4.78 is 0. The zero-order chi connectivity index (χ0) is 12.7. The van der Waals surface area contributed by atoms with Gasteiger partial charge in [0.2, 0.25) is 11.8 Å². The Labute approximate surface area is 95.7 Å². The fourth-order valence-electron chi connectivity index (χ4n) is 1.23. The standard InChI is InChI=1S/C10H20N4O2/c1-7(12)6-9(14(3)8(2)15)10(16)13-5-4-11/h9,12H,4-6,11H2,1-3H3,(H,13,16)/t9-/m0/s1. The maximum atomic E-state index is 11.7. The summed E-state index contributed by atoms with van der Waals surface area (Å²) in [6, 6.07) is -0.624. The topological polar surface area (TPSA) is 99.3 Å². The van der Waals surface area contributed by atoms with Crippen molar-refractivity contribution < 1.29 is 9.59 Å². The maximum Gasteiger partial charge on any atom is 0.243 e. The van der Waals surface area contributed by atoms with Crippen LogP contribution in [0.5, 0.6) is 0 Å². The van der Waals surface area contributed by atoms with Gasteiger partial charge in [-0.15, -0.1) is 0 Å². The number of rotatable bonds is 6. The van der Waals surface area contributed by atoms with E-state index in [9.17, 15) is 9.59 Å². The Kier molecular flexibility index (Phi) is 6.32. The third kappa shape index (κ3) is 4.88. The molecule has 0 fully saturated rings. The van der Waals surface area contributed by atoms with Crippen molar-refractivity contribution in [1.29, 1.82) is 5.41 Å². The van der Waals surface area contributed by atoms with Gasteiger partial charge in [-0.05, 0) is 6.92 Å². The van der Waals surface area contributed by atoms with E-state index in [4.69, 9.17) is 11.1 Å². The van der Waals surface area contributed by atoms with Crippen LogP contribution in [-0.2, 0) is 9.59 Å². The minimum atomic E-state index is -0.624. The summed E-state index contributed by atoms with van der Waals surface area (Å²) in [6.07, 6.45) is 0.243. The second-order valence-electron chi connectivity index (χ2n) is 3.71. The molecule has 4 N–H and O–H groups in total. The van der Waals surface area contributed by atoms with Crippen LogP contribution in [0.3, 0.4) is 0 Å². The van der Waals surface area contributed by atoms with Crippen molar-refractivity contribution >= 4 is 17.5 Å². The van der Waals surface area contributed by atoms with Gasteiger partial charge in [0.25, 0.3) is 0 Å². The lowest BCUT2D eigenvalue weighted by atomic mass is 10.1. The van der Waals surface area contributed by atoms with E-state index in [1.807, 2.05) is 0 Å². The summed E-state index contributed by atoms with van der Waals surface area (Å²) >= 11 is 0. The lowest BCUT2D eigenvalue weighted by molar-refractivity contribution is -0.137. The van der Waals surface area contributed by atoms with Gasteiger partial charge >= 0.3 is 0 Å². The third-order valence-corrected chi connectivity index (χ3v) is 2.21. The molecule has 0 aromatic heterocycles. The van der Waals surface area contributed by atoms with E-state index in [1.54, 1.807) is 14.0 Å². The molecule has 0 heterocycles. The van der Waals surface area contributed by atoms with Crippen molar-refractivity contribution in [3.8, 4) is 0 Å². The molecule has 1 atom stereocenters. The smallest absolute Gasteiger partial charge is 0.243 e. The first-order valence-electron chi connectivity index (χ1n) is 5.15. The molecule has 0 unspecified atom stereocenters. The summed E-state index contributed by atoms with van der Waals surface area (Å²) in [5.74, 6) is -0.469. The van der Waals surface area contributed by atoms with Gasteiger partial charge in [0.05, 0.1) is 0 Å². The van der Waals surface area contributed by atoms with Crippen molar-refractivity contribution in [3.63, 3.8) is 0 Å². The highest BCUT2D eigenvalue weighted by Gasteiger charge is 2.24. The van der Waals surface area contributed by atoms with Crippen molar-refractivity contribution in [2.45, 2.75) is 26.3 Å². The molecule has 92 valence electrons. The number of carbonyl (C=O) groups excluding carboxylic acids is 2. The minimum Gasteiger partial charge on any atom is -0.353 e. The number of amides is 2.